The van der Waals surface area contributed by atoms with E-state index in [1.165, 1.54) is 10.7 Å². The summed E-state index contributed by atoms with van der Waals surface area (Å²) < 4.78 is 1.41. The molecule has 5 nitrogen and oxygen atoms in total. The van der Waals surface area contributed by atoms with Crippen molar-refractivity contribution in [2.45, 2.75) is 58.5 Å². The number of aryl methyl sites for hydroxylation is 1. The fourth-order valence-electron chi connectivity index (χ4n) is 2.52. The van der Waals surface area contributed by atoms with Crippen LogP contribution in [0.1, 0.15) is 56.4 Å². The van der Waals surface area contributed by atoms with Crippen LogP contribution in [0, 0.1) is 0 Å². The summed E-state index contributed by atoms with van der Waals surface area (Å²) in [6, 6.07) is 3.35. The van der Waals surface area contributed by atoms with Crippen LogP contribution in [0.25, 0.3) is 0 Å². The SMILES string of the molecule is CCCCn1nc(C(=O)N2CCC2CCC)ccc1=O. The standard InChI is InChI=1S/C15H23N3O2/c1-3-5-10-18-14(19)8-7-13(16-18)15(20)17-11-9-12(17)6-4-2/h7-8,12H,3-6,9-11H2,1-2H3. The molecule has 0 spiro atoms. The van der Waals surface area contributed by atoms with Crippen LogP contribution in [0.5, 0.6) is 0 Å². The van der Waals surface area contributed by atoms with Gasteiger partial charge in [0.15, 0.2) is 0 Å². The molecule has 1 atom stereocenters. The molecule has 0 saturated carbocycles. The van der Waals surface area contributed by atoms with Crippen molar-refractivity contribution in [2.24, 2.45) is 0 Å². The highest BCUT2D eigenvalue weighted by Crippen LogP contribution is 2.23. The summed E-state index contributed by atoms with van der Waals surface area (Å²) in [7, 11) is 0. The van der Waals surface area contributed by atoms with E-state index in [1.54, 1.807) is 6.07 Å². The number of nitrogens with zero attached hydrogens (tertiary/aromatic N) is 3. The maximum Gasteiger partial charge on any atom is 0.274 e. The molecule has 0 bridgehead atoms. The summed E-state index contributed by atoms with van der Waals surface area (Å²) in [5.74, 6) is -0.0417. The largest absolute Gasteiger partial charge is 0.334 e. The van der Waals surface area contributed by atoms with Gasteiger partial charge in [0, 0.05) is 25.2 Å². The summed E-state index contributed by atoms with van der Waals surface area (Å²) in [6.07, 6.45) is 5.10. The van der Waals surface area contributed by atoms with Crippen molar-refractivity contribution in [3.63, 3.8) is 0 Å². The Balaban J connectivity index is 2.12. The van der Waals surface area contributed by atoms with Crippen molar-refractivity contribution in [3.8, 4) is 0 Å². The average Bonchev–Trinajstić information content (AvgIpc) is 2.42. The molecule has 1 aliphatic heterocycles. The van der Waals surface area contributed by atoms with Crippen molar-refractivity contribution in [1.29, 1.82) is 0 Å². The summed E-state index contributed by atoms with van der Waals surface area (Å²) in [4.78, 5) is 26.0. The van der Waals surface area contributed by atoms with Gasteiger partial charge in [-0.3, -0.25) is 9.59 Å². The Morgan fingerprint density at radius 3 is 2.75 bits per heavy atom. The van der Waals surface area contributed by atoms with E-state index in [1.807, 2.05) is 4.90 Å². The molecular formula is C15H23N3O2. The van der Waals surface area contributed by atoms with E-state index in [0.717, 1.165) is 38.6 Å². The molecule has 1 amide bonds. The lowest BCUT2D eigenvalue weighted by molar-refractivity contribution is 0.0434. The molecule has 1 saturated heterocycles. The Bertz CT molecular complexity index is 524. The minimum Gasteiger partial charge on any atom is -0.334 e. The molecule has 20 heavy (non-hydrogen) atoms. The fourth-order valence-corrected chi connectivity index (χ4v) is 2.52. The first kappa shape index (κ1) is 14.8. The molecule has 0 aliphatic carbocycles. The topological polar surface area (TPSA) is 55.2 Å². The monoisotopic (exact) mass is 277 g/mol. The number of amides is 1. The van der Waals surface area contributed by atoms with Crippen molar-refractivity contribution < 1.29 is 4.79 Å². The van der Waals surface area contributed by atoms with Crippen LogP contribution in [0.4, 0.5) is 0 Å². The van der Waals surface area contributed by atoms with Crippen molar-refractivity contribution in [1.82, 2.24) is 14.7 Å². The molecule has 0 aromatic carbocycles. The molecular weight excluding hydrogens is 254 g/mol. The van der Waals surface area contributed by atoms with E-state index in [4.69, 9.17) is 0 Å². The van der Waals surface area contributed by atoms with Crippen molar-refractivity contribution in [3.05, 3.63) is 28.2 Å². The first-order valence-corrected chi connectivity index (χ1v) is 7.56. The van der Waals surface area contributed by atoms with Crippen LogP contribution in [0.15, 0.2) is 16.9 Å². The van der Waals surface area contributed by atoms with Crippen molar-refractivity contribution >= 4 is 5.91 Å². The van der Waals surface area contributed by atoms with Gasteiger partial charge < -0.3 is 4.90 Å². The Kier molecular flexibility index (Phi) is 4.93. The minimum atomic E-state index is -0.135. The Morgan fingerprint density at radius 2 is 2.15 bits per heavy atom. The molecule has 1 fully saturated rings. The molecule has 5 heteroatoms. The van der Waals surface area contributed by atoms with E-state index in [-0.39, 0.29) is 11.5 Å². The quantitative estimate of drug-likeness (QED) is 0.799. The van der Waals surface area contributed by atoms with Crippen LogP contribution in [0.3, 0.4) is 0 Å². The van der Waals surface area contributed by atoms with Gasteiger partial charge in [-0.2, -0.15) is 5.10 Å². The maximum atomic E-state index is 12.4. The normalized spacial score (nSPS) is 17.9. The number of carbonyl (C=O) groups excluding carboxylic acids is 1. The number of hydrogen-bond donors (Lipinski definition) is 0. The molecule has 0 N–H and O–H groups in total. The zero-order valence-corrected chi connectivity index (χ0v) is 12.3. The molecule has 0 radical (unpaired) electrons. The third-order valence-corrected chi connectivity index (χ3v) is 3.84. The van der Waals surface area contributed by atoms with Crippen molar-refractivity contribution in [2.75, 3.05) is 6.54 Å². The van der Waals surface area contributed by atoms with Gasteiger partial charge in [0.1, 0.15) is 5.69 Å². The van der Waals surface area contributed by atoms with E-state index in [2.05, 4.69) is 18.9 Å². The minimum absolute atomic E-state index is 0.0417. The molecule has 1 aromatic heterocycles. The van der Waals surface area contributed by atoms with E-state index < -0.39 is 0 Å². The summed E-state index contributed by atoms with van der Waals surface area (Å²) in [5.41, 5.74) is 0.255. The van der Waals surface area contributed by atoms with Gasteiger partial charge in [-0.05, 0) is 25.3 Å². The van der Waals surface area contributed by atoms with Gasteiger partial charge in [-0.25, -0.2) is 4.68 Å². The number of rotatable bonds is 6. The average molecular weight is 277 g/mol. The fraction of sp³-hybridized carbons (Fsp3) is 0.667. The first-order valence-electron chi connectivity index (χ1n) is 7.56. The van der Waals surface area contributed by atoms with Gasteiger partial charge in [-0.15, -0.1) is 0 Å². The zero-order chi connectivity index (χ0) is 14.5. The number of likely N-dealkylation sites (tertiary alicyclic amines) is 1. The van der Waals surface area contributed by atoms with Gasteiger partial charge in [0.2, 0.25) is 0 Å². The molecule has 1 aliphatic rings. The van der Waals surface area contributed by atoms with Crippen LogP contribution in [-0.4, -0.2) is 33.2 Å². The lowest BCUT2D eigenvalue weighted by atomic mass is 9.98. The lowest BCUT2D eigenvalue weighted by Gasteiger charge is -2.40. The predicted octanol–water partition coefficient (Wildman–Crippen LogP) is 2.06. The first-order chi connectivity index (χ1) is 9.67. The smallest absolute Gasteiger partial charge is 0.274 e. The van der Waals surface area contributed by atoms with E-state index >= 15 is 0 Å². The molecule has 110 valence electrons. The Hall–Kier alpha value is -1.65. The van der Waals surface area contributed by atoms with Crippen LogP contribution < -0.4 is 5.56 Å². The highest BCUT2D eigenvalue weighted by molar-refractivity contribution is 5.92. The Labute approximate surface area is 119 Å². The summed E-state index contributed by atoms with van der Waals surface area (Å²) in [6.45, 7) is 5.58. The second-order valence-electron chi connectivity index (χ2n) is 5.36. The zero-order valence-electron chi connectivity index (χ0n) is 12.3. The third-order valence-electron chi connectivity index (χ3n) is 3.84. The van der Waals surface area contributed by atoms with E-state index in [9.17, 15) is 9.59 Å². The Morgan fingerprint density at radius 1 is 1.35 bits per heavy atom. The molecule has 2 rings (SSSR count). The van der Waals surface area contributed by atoms with Gasteiger partial charge >= 0.3 is 0 Å². The van der Waals surface area contributed by atoms with Crippen LogP contribution in [0.2, 0.25) is 0 Å². The molecule has 2 heterocycles. The van der Waals surface area contributed by atoms with Gasteiger partial charge in [0.05, 0.1) is 0 Å². The summed E-state index contributed by atoms with van der Waals surface area (Å²) in [5, 5.41) is 4.22. The summed E-state index contributed by atoms with van der Waals surface area (Å²) >= 11 is 0. The highest BCUT2D eigenvalue weighted by Gasteiger charge is 2.32. The third kappa shape index (κ3) is 3.08. The number of aromatic nitrogens is 2. The lowest BCUT2D eigenvalue weighted by Crippen LogP contribution is -2.51. The van der Waals surface area contributed by atoms with Crippen LogP contribution >= 0.6 is 0 Å². The van der Waals surface area contributed by atoms with Gasteiger partial charge in [0.25, 0.3) is 11.5 Å². The number of carbonyl (C=O) groups is 1. The second-order valence-corrected chi connectivity index (χ2v) is 5.36. The second kappa shape index (κ2) is 6.68. The van der Waals surface area contributed by atoms with Gasteiger partial charge in [-0.1, -0.05) is 26.7 Å². The highest BCUT2D eigenvalue weighted by atomic mass is 16.2. The molecule has 1 aromatic rings. The maximum absolute atomic E-state index is 12.4. The predicted molar refractivity (Wildman–Crippen MR) is 77.8 cm³/mol. The number of hydrogen-bond acceptors (Lipinski definition) is 3. The number of unbranched alkanes of at least 4 members (excludes halogenated alkanes) is 1. The molecule has 1 unspecified atom stereocenters. The van der Waals surface area contributed by atoms with Crippen LogP contribution in [-0.2, 0) is 6.54 Å². The van der Waals surface area contributed by atoms with E-state index in [0.29, 0.717) is 18.3 Å².